The van der Waals surface area contributed by atoms with Crippen LogP contribution in [0.5, 0.6) is 5.75 Å². The number of phenolic OH excluding ortho intramolecular Hbond substituents is 1. The fourth-order valence-corrected chi connectivity index (χ4v) is 2.60. The summed E-state index contributed by atoms with van der Waals surface area (Å²) in [4.78, 5) is 0.104. The van der Waals surface area contributed by atoms with Crippen LogP contribution in [0.25, 0.3) is 0 Å². The van der Waals surface area contributed by atoms with E-state index in [0.29, 0.717) is 6.54 Å². The number of sulfonamides is 1. The molecule has 1 atom stereocenters. The van der Waals surface area contributed by atoms with Gasteiger partial charge in [-0.05, 0) is 42.3 Å². The fraction of sp³-hybridized carbons (Fsp3) is 0.200. The molecule has 0 saturated heterocycles. The summed E-state index contributed by atoms with van der Waals surface area (Å²) in [6.45, 7) is 2.47. The molecule has 112 valence electrons. The number of phenols is 1. The van der Waals surface area contributed by atoms with Gasteiger partial charge in [-0.2, -0.15) is 0 Å². The van der Waals surface area contributed by atoms with Gasteiger partial charge in [0.2, 0.25) is 10.0 Å². The lowest BCUT2D eigenvalue weighted by Crippen LogP contribution is -2.18. The standard InChI is InChI=1S/C15H18N2O3S/c1-11(13-5-3-6-14(18)9-13)17-10-12-4-2-7-15(8-12)21(16,19)20/h2-9,11,17-18H,10H2,1H3,(H2,16,19,20). The second kappa shape index (κ2) is 6.26. The van der Waals surface area contributed by atoms with Gasteiger partial charge >= 0.3 is 0 Å². The largest absolute Gasteiger partial charge is 0.508 e. The maximum absolute atomic E-state index is 11.3. The second-order valence-electron chi connectivity index (χ2n) is 4.89. The van der Waals surface area contributed by atoms with Crippen molar-refractivity contribution in [2.75, 3.05) is 0 Å². The SMILES string of the molecule is CC(NCc1cccc(S(N)(=O)=O)c1)c1cccc(O)c1. The zero-order valence-electron chi connectivity index (χ0n) is 11.7. The van der Waals surface area contributed by atoms with Crippen molar-refractivity contribution in [3.8, 4) is 5.75 Å². The van der Waals surface area contributed by atoms with Crippen molar-refractivity contribution in [3.05, 3.63) is 59.7 Å². The molecule has 1 unspecified atom stereocenters. The minimum absolute atomic E-state index is 0.0234. The molecule has 4 N–H and O–H groups in total. The lowest BCUT2D eigenvalue weighted by atomic mass is 10.1. The highest BCUT2D eigenvalue weighted by molar-refractivity contribution is 7.89. The Balaban J connectivity index is 2.06. The van der Waals surface area contributed by atoms with E-state index >= 15 is 0 Å². The van der Waals surface area contributed by atoms with Crippen LogP contribution in [0.15, 0.2) is 53.4 Å². The van der Waals surface area contributed by atoms with E-state index in [-0.39, 0.29) is 16.7 Å². The van der Waals surface area contributed by atoms with Gasteiger partial charge in [-0.1, -0.05) is 24.3 Å². The van der Waals surface area contributed by atoms with E-state index in [9.17, 15) is 13.5 Å². The molecule has 2 rings (SSSR count). The average molecular weight is 306 g/mol. The molecule has 0 aromatic heterocycles. The number of nitrogens with one attached hydrogen (secondary N) is 1. The van der Waals surface area contributed by atoms with E-state index < -0.39 is 10.0 Å². The maximum atomic E-state index is 11.3. The van der Waals surface area contributed by atoms with Crippen molar-refractivity contribution in [1.29, 1.82) is 0 Å². The molecular weight excluding hydrogens is 288 g/mol. The molecule has 0 amide bonds. The summed E-state index contributed by atoms with van der Waals surface area (Å²) in [6.07, 6.45) is 0. The Kier molecular flexibility index (Phi) is 4.62. The molecule has 2 aromatic carbocycles. The zero-order valence-corrected chi connectivity index (χ0v) is 12.5. The Morgan fingerprint density at radius 1 is 1.19 bits per heavy atom. The van der Waals surface area contributed by atoms with Gasteiger partial charge < -0.3 is 10.4 Å². The van der Waals surface area contributed by atoms with Crippen molar-refractivity contribution in [2.45, 2.75) is 24.4 Å². The van der Waals surface area contributed by atoms with Crippen molar-refractivity contribution in [3.63, 3.8) is 0 Å². The second-order valence-corrected chi connectivity index (χ2v) is 6.45. The lowest BCUT2D eigenvalue weighted by molar-refractivity contribution is 0.472. The highest BCUT2D eigenvalue weighted by Gasteiger charge is 2.09. The summed E-state index contributed by atoms with van der Waals surface area (Å²) >= 11 is 0. The van der Waals surface area contributed by atoms with Crippen LogP contribution in [-0.2, 0) is 16.6 Å². The van der Waals surface area contributed by atoms with E-state index in [0.717, 1.165) is 11.1 Å². The molecule has 0 heterocycles. The van der Waals surface area contributed by atoms with Crippen molar-refractivity contribution in [1.82, 2.24) is 5.32 Å². The number of nitrogens with two attached hydrogens (primary N) is 1. The first-order valence-corrected chi connectivity index (χ1v) is 8.05. The Labute approximate surface area is 124 Å². The van der Waals surface area contributed by atoms with Crippen LogP contribution >= 0.6 is 0 Å². The molecule has 6 heteroatoms. The molecule has 0 radical (unpaired) electrons. The number of primary sulfonamides is 1. The molecule has 0 aliphatic carbocycles. The molecular formula is C15H18N2O3S. The summed E-state index contributed by atoms with van der Waals surface area (Å²) in [5, 5.41) is 17.9. The van der Waals surface area contributed by atoms with Crippen molar-refractivity contribution >= 4 is 10.0 Å². The number of benzene rings is 2. The lowest BCUT2D eigenvalue weighted by Gasteiger charge is -2.15. The van der Waals surface area contributed by atoms with Crippen LogP contribution in [0.2, 0.25) is 0 Å². The van der Waals surface area contributed by atoms with Crippen LogP contribution in [0.4, 0.5) is 0 Å². The van der Waals surface area contributed by atoms with E-state index in [4.69, 9.17) is 5.14 Å². The minimum Gasteiger partial charge on any atom is -0.508 e. The molecule has 21 heavy (non-hydrogen) atoms. The summed E-state index contributed by atoms with van der Waals surface area (Å²) in [6, 6.07) is 13.5. The first-order valence-electron chi connectivity index (χ1n) is 6.50. The number of rotatable bonds is 5. The molecule has 0 saturated carbocycles. The van der Waals surface area contributed by atoms with E-state index in [2.05, 4.69) is 5.32 Å². The molecule has 0 fully saturated rings. The summed E-state index contributed by atoms with van der Waals surface area (Å²) < 4.78 is 22.6. The van der Waals surface area contributed by atoms with Gasteiger partial charge in [0, 0.05) is 12.6 Å². The van der Waals surface area contributed by atoms with E-state index in [1.54, 1.807) is 30.3 Å². The van der Waals surface area contributed by atoms with Gasteiger partial charge in [0.15, 0.2) is 0 Å². The minimum atomic E-state index is -3.68. The van der Waals surface area contributed by atoms with Gasteiger partial charge in [-0.3, -0.25) is 0 Å². The first-order chi connectivity index (χ1) is 9.86. The van der Waals surface area contributed by atoms with Crippen molar-refractivity contribution < 1.29 is 13.5 Å². The van der Waals surface area contributed by atoms with Gasteiger partial charge in [-0.15, -0.1) is 0 Å². The van der Waals surface area contributed by atoms with Gasteiger partial charge in [0.05, 0.1) is 4.90 Å². The van der Waals surface area contributed by atoms with Gasteiger partial charge in [-0.25, -0.2) is 13.6 Å². The highest BCUT2D eigenvalue weighted by atomic mass is 32.2. The number of aromatic hydroxyl groups is 1. The summed E-state index contributed by atoms with van der Waals surface area (Å²) in [5.41, 5.74) is 1.78. The molecule has 0 aliphatic rings. The monoisotopic (exact) mass is 306 g/mol. The third kappa shape index (κ3) is 4.29. The van der Waals surface area contributed by atoms with Crippen LogP contribution < -0.4 is 10.5 Å². The van der Waals surface area contributed by atoms with Crippen LogP contribution in [0, 0.1) is 0 Å². The molecule has 5 nitrogen and oxygen atoms in total. The Morgan fingerprint density at radius 3 is 2.57 bits per heavy atom. The quantitative estimate of drug-likeness (QED) is 0.786. The fourth-order valence-electron chi connectivity index (χ4n) is 2.02. The summed E-state index contributed by atoms with van der Waals surface area (Å²) in [7, 11) is -3.68. The smallest absolute Gasteiger partial charge is 0.238 e. The van der Waals surface area contributed by atoms with Gasteiger partial charge in [0.25, 0.3) is 0 Å². The Morgan fingerprint density at radius 2 is 1.90 bits per heavy atom. The predicted octanol–water partition coefficient (Wildman–Crippen LogP) is 1.89. The molecule has 0 aliphatic heterocycles. The first kappa shape index (κ1) is 15.5. The normalized spacial score (nSPS) is 13.0. The molecule has 0 bridgehead atoms. The highest BCUT2D eigenvalue weighted by Crippen LogP contribution is 2.18. The molecule has 2 aromatic rings. The number of hydrogen-bond donors (Lipinski definition) is 3. The topological polar surface area (TPSA) is 92.4 Å². The van der Waals surface area contributed by atoms with E-state index in [1.807, 2.05) is 19.1 Å². The Bertz CT molecular complexity index is 729. The average Bonchev–Trinajstić information content (AvgIpc) is 2.44. The van der Waals surface area contributed by atoms with Crippen LogP contribution in [0.3, 0.4) is 0 Å². The summed E-state index contributed by atoms with van der Waals surface area (Å²) in [5.74, 6) is 0.220. The van der Waals surface area contributed by atoms with Crippen LogP contribution in [0.1, 0.15) is 24.1 Å². The van der Waals surface area contributed by atoms with Crippen LogP contribution in [-0.4, -0.2) is 13.5 Å². The van der Waals surface area contributed by atoms with Gasteiger partial charge in [0.1, 0.15) is 5.75 Å². The number of hydrogen-bond acceptors (Lipinski definition) is 4. The third-order valence-electron chi connectivity index (χ3n) is 3.21. The van der Waals surface area contributed by atoms with E-state index in [1.165, 1.54) is 6.07 Å². The molecule has 0 spiro atoms. The maximum Gasteiger partial charge on any atom is 0.238 e. The van der Waals surface area contributed by atoms with Crippen molar-refractivity contribution in [2.24, 2.45) is 5.14 Å². The Hall–Kier alpha value is -1.89. The third-order valence-corrected chi connectivity index (χ3v) is 4.12. The predicted molar refractivity (Wildman–Crippen MR) is 81.2 cm³/mol. The zero-order chi connectivity index (χ0) is 15.5.